The highest BCUT2D eigenvalue weighted by Crippen LogP contribution is 1.90. The van der Waals surface area contributed by atoms with E-state index in [1.54, 1.807) is 0 Å². The van der Waals surface area contributed by atoms with Gasteiger partial charge in [-0.2, -0.15) is 0 Å². The molecule has 5 heteroatoms. The van der Waals surface area contributed by atoms with E-state index in [2.05, 4.69) is 21.2 Å². The second-order valence-corrected chi connectivity index (χ2v) is 3.13. The van der Waals surface area contributed by atoms with Crippen LogP contribution in [-0.4, -0.2) is 42.7 Å². The molecule has 0 saturated carbocycles. The standard InChI is InChI=1S/C7H14BrNO3/c1-12-5-6(4-10)9-7(11)2-3-8/h6,10H,2-5H2,1H3,(H,9,11). The van der Waals surface area contributed by atoms with Gasteiger partial charge in [0.1, 0.15) is 0 Å². The maximum atomic E-state index is 11.0. The molecule has 0 rings (SSSR count). The van der Waals surface area contributed by atoms with Gasteiger partial charge in [-0.05, 0) is 0 Å². The minimum atomic E-state index is -0.290. The van der Waals surface area contributed by atoms with Crippen LogP contribution in [0.3, 0.4) is 0 Å². The molecule has 0 aromatic carbocycles. The number of rotatable bonds is 6. The molecule has 0 saturated heterocycles. The molecule has 0 aromatic heterocycles. The number of methoxy groups -OCH3 is 1. The Hall–Kier alpha value is -0.130. The van der Waals surface area contributed by atoms with Crippen molar-refractivity contribution in [3.8, 4) is 0 Å². The van der Waals surface area contributed by atoms with Crippen LogP contribution in [0.15, 0.2) is 0 Å². The summed E-state index contributed by atoms with van der Waals surface area (Å²) in [6, 6.07) is -0.290. The van der Waals surface area contributed by atoms with E-state index in [0.717, 1.165) is 0 Å². The van der Waals surface area contributed by atoms with Gasteiger partial charge in [-0.1, -0.05) is 15.9 Å². The van der Waals surface area contributed by atoms with E-state index < -0.39 is 0 Å². The van der Waals surface area contributed by atoms with Gasteiger partial charge in [-0.15, -0.1) is 0 Å². The maximum Gasteiger partial charge on any atom is 0.221 e. The summed E-state index contributed by atoms with van der Waals surface area (Å²) in [5.74, 6) is -0.0806. The van der Waals surface area contributed by atoms with Gasteiger partial charge in [0.25, 0.3) is 0 Å². The highest BCUT2D eigenvalue weighted by atomic mass is 79.9. The maximum absolute atomic E-state index is 11.0. The first-order valence-corrected chi connectivity index (χ1v) is 4.81. The van der Waals surface area contributed by atoms with Crippen LogP contribution in [0.5, 0.6) is 0 Å². The lowest BCUT2D eigenvalue weighted by Crippen LogP contribution is -2.40. The molecular formula is C7H14BrNO3. The lowest BCUT2D eigenvalue weighted by Gasteiger charge is -2.14. The Bertz CT molecular complexity index is 132. The summed E-state index contributed by atoms with van der Waals surface area (Å²) in [5, 5.41) is 12.0. The molecule has 0 bridgehead atoms. The SMILES string of the molecule is COCC(CO)NC(=O)CCBr. The average molecular weight is 240 g/mol. The third kappa shape index (κ3) is 5.51. The lowest BCUT2D eigenvalue weighted by atomic mass is 10.3. The van der Waals surface area contributed by atoms with Crippen molar-refractivity contribution >= 4 is 21.8 Å². The van der Waals surface area contributed by atoms with Gasteiger partial charge in [-0.25, -0.2) is 0 Å². The first-order valence-electron chi connectivity index (χ1n) is 3.69. The largest absolute Gasteiger partial charge is 0.394 e. The monoisotopic (exact) mass is 239 g/mol. The van der Waals surface area contributed by atoms with Crippen molar-refractivity contribution in [1.82, 2.24) is 5.32 Å². The van der Waals surface area contributed by atoms with E-state index in [1.165, 1.54) is 7.11 Å². The summed E-state index contributed by atoms with van der Waals surface area (Å²) in [7, 11) is 1.53. The molecule has 0 spiro atoms. The van der Waals surface area contributed by atoms with Gasteiger partial charge in [0.2, 0.25) is 5.91 Å². The van der Waals surface area contributed by atoms with E-state index in [0.29, 0.717) is 18.4 Å². The third-order valence-electron chi connectivity index (χ3n) is 1.27. The molecule has 0 fully saturated rings. The average Bonchev–Trinajstić information content (AvgIpc) is 2.04. The van der Waals surface area contributed by atoms with Crippen LogP contribution in [0, 0.1) is 0 Å². The number of carbonyl (C=O) groups is 1. The Morgan fingerprint density at radius 2 is 2.42 bits per heavy atom. The van der Waals surface area contributed by atoms with Crippen molar-refractivity contribution in [2.24, 2.45) is 0 Å². The summed E-state index contributed by atoms with van der Waals surface area (Å²) in [6.07, 6.45) is 0.417. The minimum absolute atomic E-state index is 0.0806. The van der Waals surface area contributed by atoms with Gasteiger partial charge in [0.05, 0.1) is 19.3 Å². The van der Waals surface area contributed by atoms with E-state index in [1.807, 2.05) is 0 Å². The first kappa shape index (κ1) is 11.9. The summed E-state index contributed by atoms with van der Waals surface area (Å²) >= 11 is 3.15. The van der Waals surface area contributed by atoms with Crippen molar-refractivity contribution < 1.29 is 14.6 Å². The molecule has 0 aromatic rings. The number of halogens is 1. The minimum Gasteiger partial charge on any atom is -0.394 e. The highest BCUT2D eigenvalue weighted by molar-refractivity contribution is 9.09. The lowest BCUT2D eigenvalue weighted by molar-refractivity contribution is -0.122. The van der Waals surface area contributed by atoms with Gasteiger partial charge in [0, 0.05) is 18.9 Å². The molecule has 2 N–H and O–H groups in total. The predicted molar refractivity (Wildman–Crippen MR) is 49.3 cm³/mol. The van der Waals surface area contributed by atoms with Gasteiger partial charge >= 0.3 is 0 Å². The number of ether oxygens (including phenoxy) is 1. The third-order valence-corrected chi connectivity index (χ3v) is 1.67. The normalized spacial score (nSPS) is 12.6. The molecule has 72 valence electrons. The van der Waals surface area contributed by atoms with Crippen molar-refractivity contribution in [2.75, 3.05) is 25.7 Å². The van der Waals surface area contributed by atoms with Gasteiger partial charge in [0.15, 0.2) is 0 Å². The fourth-order valence-corrected chi connectivity index (χ4v) is 1.09. The van der Waals surface area contributed by atoms with Crippen LogP contribution < -0.4 is 5.32 Å². The van der Waals surface area contributed by atoms with Gasteiger partial charge < -0.3 is 15.2 Å². The van der Waals surface area contributed by atoms with Crippen molar-refractivity contribution in [3.05, 3.63) is 0 Å². The van der Waals surface area contributed by atoms with Crippen LogP contribution in [0.1, 0.15) is 6.42 Å². The zero-order valence-corrected chi connectivity index (χ0v) is 8.63. The smallest absolute Gasteiger partial charge is 0.221 e. The van der Waals surface area contributed by atoms with E-state index in [-0.39, 0.29) is 18.6 Å². The Morgan fingerprint density at radius 1 is 1.75 bits per heavy atom. The number of alkyl halides is 1. The Morgan fingerprint density at radius 3 is 2.83 bits per heavy atom. The number of aliphatic hydroxyl groups excluding tert-OH is 1. The summed E-state index contributed by atoms with van der Waals surface area (Å²) < 4.78 is 4.79. The predicted octanol–water partition coefficient (Wildman–Crippen LogP) is -0.105. The number of nitrogens with one attached hydrogen (secondary N) is 1. The van der Waals surface area contributed by atoms with Crippen LogP contribution in [0.2, 0.25) is 0 Å². The molecule has 0 aliphatic rings. The van der Waals surface area contributed by atoms with Crippen LogP contribution >= 0.6 is 15.9 Å². The van der Waals surface area contributed by atoms with E-state index in [9.17, 15) is 4.79 Å². The van der Waals surface area contributed by atoms with E-state index in [4.69, 9.17) is 9.84 Å². The summed E-state index contributed by atoms with van der Waals surface area (Å²) in [6.45, 7) is 0.242. The topological polar surface area (TPSA) is 58.6 Å². The second kappa shape index (κ2) is 7.52. The molecule has 12 heavy (non-hydrogen) atoms. The van der Waals surface area contributed by atoms with E-state index >= 15 is 0 Å². The highest BCUT2D eigenvalue weighted by Gasteiger charge is 2.09. The number of amides is 1. The van der Waals surface area contributed by atoms with Crippen molar-refractivity contribution in [3.63, 3.8) is 0 Å². The Labute approximate surface area is 80.4 Å². The molecule has 1 unspecified atom stereocenters. The number of hydrogen-bond donors (Lipinski definition) is 2. The van der Waals surface area contributed by atoms with Crippen molar-refractivity contribution in [1.29, 1.82) is 0 Å². The summed E-state index contributed by atoms with van der Waals surface area (Å²) in [4.78, 5) is 11.0. The molecule has 0 heterocycles. The Kier molecular flexibility index (Phi) is 7.43. The molecule has 0 radical (unpaired) electrons. The van der Waals surface area contributed by atoms with Crippen LogP contribution in [-0.2, 0) is 9.53 Å². The molecular weight excluding hydrogens is 226 g/mol. The second-order valence-electron chi connectivity index (χ2n) is 2.34. The van der Waals surface area contributed by atoms with Gasteiger partial charge in [-0.3, -0.25) is 4.79 Å². The number of aliphatic hydroxyl groups is 1. The zero-order chi connectivity index (χ0) is 9.40. The number of carbonyl (C=O) groups excluding carboxylic acids is 1. The van der Waals surface area contributed by atoms with Crippen LogP contribution in [0.25, 0.3) is 0 Å². The fraction of sp³-hybridized carbons (Fsp3) is 0.857. The molecule has 0 aliphatic heterocycles. The molecule has 1 atom stereocenters. The fourth-order valence-electron chi connectivity index (χ4n) is 0.727. The zero-order valence-electron chi connectivity index (χ0n) is 7.05. The first-order chi connectivity index (χ1) is 5.74. The molecule has 1 amide bonds. The van der Waals surface area contributed by atoms with Crippen molar-refractivity contribution in [2.45, 2.75) is 12.5 Å². The molecule has 0 aliphatic carbocycles. The molecule has 4 nitrogen and oxygen atoms in total. The number of hydrogen-bond acceptors (Lipinski definition) is 3. The quantitative estimate of drug-likeness (QED) is 0.637. The Balaban J connectivity index is 3.61. The van der Waals surface area contributed by atoms with Crippen LogP contribution in [0.4, 0.5) is 0 Å². The summed E-state index contributed by atoms with van der Waals surface area (Å²) in [5.41, 5.74) is 0.